The van der Waals surface area contributed by atoms with Crippen LogP contribution in [0.15, 0.2) is 12.4 Å². The van der Waals surface area contributed by atoms with Crippen molar-refractivity contribution < 1.29 is 22.4 Å². The van der Waals surface area contributed by atoms with Gasteiger partial charge in [-0.3, -0.25) is 9.48 Å². The van der Waals surface area contributed by atoms with E-state index in [1.54, 1.807) is 0 Å². The van der Waals surface area contributed by atoms with Crippen molar-refractivity contribution >= 4 is 5.78 Å². The standard InChI is InChI=1S/C9H10F4N2O/c1-2-3-15-5-6(4-14-15)7(16)9(12,13)8(10)11/h4-5,8H,2-3H2,1H3. The van der Waals surface area contributed by atoms with E-state index in [9.17, 15) is 22.4 Å². The van der Waals surface area contributed by atoms with E-state index in [2.05, 4.69) is 5.10 Å². The first-order chi connectivity index (χ1) is 7.39. The van der Waals surface area contributed by atoms with Crippen molar-refractivity contribution in [1.29, 1.82) is 0 Å². The molecule has 1 aromatic heterocycles. The molecule has 0 aliphatic carbocycles. The number of hydrogen-bond acceptors (Lipinski definition) is 2. The van der Waals surface area contributed by atoms with Crippen LogP contribution in [0.5, 0.6) is 0 Å². The van der Waals surface area contributed by atoms with Gasteiger partial charge in [0.25, 0.3) is 0 Å². The molecule has 0 saturated heterocycles. The van der Waals surface area contributed by atoms with Gasteiger partial charge in [-0.05, 0) is 6.42 Å². The second-order valence-electron chi connectivity index (χ2n) is 3.24. The van der Waals surface area contributed by atoms with E-state index < -0.39 is 23.7 Å². The van der Waals surface area contributed by atoms with Crippen molar-refractivity contribution in [2.24, 2.45) is 0 Å². The van der Waals surface area contributed by atoms with Gasteiger partial charge in [0, 0.05) is 12.7 Å². The first-order valence-electron chi connectivity index (χ1n) is 4.62. The molecule has 0 saturated carbocycles. The number of ketones is 1. The van der Waals surface area contributed by atoms with Crippen molar-refractivity contribution in [1.82, 2.24) is 9.78 Å². The molecule has 7 heteroatoms. The fourth-order valence-corrected chi connectivity index (χ4v) is 1.12. The van der Waals surface area contributed by atoms with E-state index in [1.807, 2.05) is 6.92 Å². The molecular weight excluding hydrogens is 228 g/mol. The third-order valence-electron chi connectivity index (χ3n) is 1.92. The molecule has 1 aromatic rings. The predicted octanol–water partition coefficient (Wildman–Crippen LogP) is 2.38. The van der Waals surface area contributed by atoms with E-state index >= 15 is 0 Å². The molecule has 0 atom stereocenters. The lowest BCUT2D eigenvalue weighted by Crippen LogP contribution is -2.36. The number of aryl methyl sites for hydroxylation is 1. The summed E-state index contributed by atoms with van der Waals surface area (Å²) >= 11 is 0. The van der Waals surface area contributed by atoms with Crippen LogP contribution < -0.4 is 0 Å². The van der Waals surface area contributed by atoms with Crippen LogP contribution in [0, 0.1) is 0 Å². The van der Waals surface area contributed by atoms with Crippen LogP contribution >= 0.6 is 0 Å². The number of Topliss-reactive ketones (excluding diaryl/α,β-unsaturated/α-hetero) is 1. The molecule has 0 amide bonds. The Morgan fingerprint density at radius 2 is 2.19 bits per heavy atom. The van der Waals surface area contributed by atoms with Gasteiger partial charge in [-0.1, -0.05) is 6.92 Å². The minimum absolute atomic E-state index is 0.438. The molecule has 0 aromatic carbocycles. The zero-order valence-corrected chi connectivity index (χ0v) is 8.46. The SMILES string of the molecule is CCCn1cc(C(=O)C(F)(F)C(F)F)cn1. The second-order valence-corrected chi connectivity index (χ2v) is 3.24. The first-order valence-corrected chi connectivity index (χ1v) is 4.62. The van der Waals surface area contributed by atoms with Crippen LogP contribution in [0.25, 0.3) is 0 Å². The van der Waals surface area contributed by atoms with Crippen LogP contribution in [0.2, 0.25) is 0 Å². The van der Waals surface area contributed by atoms with E-state index in [0.29, 0.717) is 13.0 Å². The maximum Gasteiger partial charge on any atom is 0.369 e. The highest BCUT2D eigenvalue weighted by atomic mass is 19.3. The third kappa shape index (κ3) is 2.40. The average Bonchev–Trinajstić information content (AvgIpc) is 2.65. The van der Waals surface area contributed by atoms with Crippen molar-refractivity contribution in [3.05, 3.63) is 18.0 Å². The summed E-state index contributed by atoms with van der Waals surface area (Å²) in [7, 11) is 0. The predicted molar refractivity (Wildman–Crippen MR) is 47.8 cm³/mol. The monoisotopic (exact) mass is 238 g/mol. The summed E-state index contributed by atoms with van der Waals surface area (Å²) in [6.07, 6.45) is -1.40. The molecule has 0 spiro atoms. The number of rotatable bonds is 5. The van der Waals surface area contributed by atoms with Crippen molar-refractivity contribution in [3.8, 4) is 0 Å². The summed E-state index contributed by atoms with van der Waals surface area (Å²) in [4.78, 5) is 11.0. The fourth-order valence-electron chi connectivity index (χ4n) is 1.12. The molecule has 0 unspecified atom stereocenters. The van der Waals surface area contributed by atoms with Crippen LogP contribution in [0.1, 0.15) is 23.7 Å². The van der Waals surface area contributed by atoms with Gasteiger partial charge >= 0.3 is 12.3 Å². The highest BCUT2D eigenvalue weighted by Gasteiger charge is 2.49. The summed E-state index contributed by atoms with van der Waals surface area (Å²) in [6.45, 7) is 2.27. The van der Waals surface area contributed by atoms with Gasteiger partial charge in [-0.15, -0.1) is 0 Å². The Bertz CT molecular complexity index is 375. The fraction of sp³-hybridized carbons (Fsp3) is 0.556. The number of aromatic nitrogens is 2. The van der Waals surface area contributed by atoms with E-state index in [0.717, 1.165) is 12.4 Å². The molecule has 16 heavy (non-hydrogen) atoms. The molecule has 0 bridgehead atoms. The molecule has 0 aliphatic heterocycles. The van der Waals surface area contributed by atoms with Crippen LogP contribution in [0.4, 0.5) is 17.6 Å². The van der Waals surface area contributed by atoms with Gasteiger partial charge in [-0.2, -0.15) is 13.9 Å². The molecule has 90 valence electrons. The van der Waals surface area contributed by atoms with E-state index in [1.165, 1.54) is 4.68 Å². The summed E-state index contributed by atoms with van der Waals surface area (Å²) in [5.41, 5.74) is -0.501. The van der Waals surface area contributed by atoms with Gasteiger partial charge in [0.2, 0.25) is 5.78 Å². The average molecular weight is 238 g/mol. The van der Waals surface area contributed by atoms with Crippen LogP contribution in [-0.2, 0) is 6.54 Å². The summed E-state index contributed by atoms with van der Waals surface area (Å²) in [6, 6.07) is 0. The largest absolute Gasteiger partial charge is 0.369 e. The lowest BCUT2D eigenvalue weighted by Gasteiger charge is -2.11. The lowest BCUT2D eigenvalue weighted by molar-refractivity contribution is -0.0958. The van der Waals surface area contributed by atoms with Gasteiger partial charge in [0.05, 0.1) is 11.8 Å². The Hall–Kier alpha value is -1.40. The topological polar surface area (TPSA) is 34.9 Å². The van der Waals surface area contributed by atoms with Gasteiger partial charge in [0.15, 0.2) is 0 Å². The molecule has 3 nitrogen and oxygen atoms in total. The molecule has 1 rings (SSSR count). The third-order valence-corrected chi connectivity index (χ3v) is 1.92. The summed E-state index contributed by atoms with van der Waals surface area (Å²) in [5, 5.41) is 3.62. The van der Waals surface area contributed by atoms with Gasteiger partial charge in [0.1, 0.15) is 0 Å². The van der Waals surface area contributed by atoms with Crippen molar-refractivity contribution in [2.45, 2.75) is 32.2 Å². The zero-order valence-electron chi connectivity index (χ0n) is 8.46. The highest BCUT2D eigenvalue weighted by molar-refractivity contribution is 6.01. The van der Waals surface area contributed by atoms with Crippen molar-refractivity contribution in [3.63, 3.8) is 0 Å². The van der Waals surface area contributed by atoms with E-state index in [-0.39, 0.29) is 0 Å². The second kappa shape index (κ2) is 4.63. The minimum Gasteiger partial charge on any atom is -0.287 e. The number of carbonyl (C=O) groups is 1. The molecule has 0 radical (unpaired) electrons. The minimum atomic E-state index is -4.65. The Morgan fingerprint density at radius 1 is 1.56 bits per heavy atom. The normalized spacial score (nSPS) is 12.1. The quantitative estimate of drug-likeness (QED) is 0.583. The number of nitrogens with zero attached hydrogens (tertiary/aromatic N) is 2. The van der Waals surface area contributed by atoms with Crippen molar-refractivity contribution in [2.75, 3.05) is 0 Å². The van der Waals surface area contributed by atoms with Gasteiger partial charge in [-0.25, -0.2) is 8.78 Å². The Kier molecular flexibility index (Phi) is 3.66. The number of carbonyl (C=O) groups excluding carboxylic acids is 1. The van der Waals surface area contributed by atoms with Crippen LogP contribution in [0.3, 0.4) is 0 Å². The Labute approximate surface area is 89.1 Å². The summed E-state index contributed by atoms with van der Waals surface area (Å²) < 4.78 is 50.4. The summed E-state index contributed by atoms with van der Waals surface area (Å²) in [5.74, 6) is -6.55. The first kappa shape index (κ1) is 12.7. The highest BCUT2D eigenvalue weighted by Crippen LogP contribution is 2.27. The molecule has 1 heterocycles. The molecular formula is C9H10F4N2O. The number of halogens is 4. The smallest absolute Gasteiger partial charge is 0.287 e. The van der Waals surface area contributed by atoms with E-state index in [4.69, 9.17) is 0 Å². The maximum absolute atomic E-state index is 12.7. The number of hydrogen-bond donors (Lipinski definition) is 0. The lowest BCUT2D eigenvalue weighted by atomic mass is 10.1. The number of alkyl halides is 4. The Balaban J connectivity index is 2.88. The molecule has 0 N–H and O–H groups in total. The zero-order chi connectivity index (χ0) is 12.3. The molecule has 0 fully saturated rings. The molecule has 0 aliphatic rings. The Morgan fingerprint density at radius 3 is 2.69 bits per heavy atom. The van der Waals surface area contributed by atoms with Crippen LogP contribution in [-0.4, -0.2) is 27.9 Å². The van der Waals surface area contributed by atoms with Gasteiger partial charge < -0.3 is 0 Å². The maximum atomic E-state index is 12.7.